The predicted molar refractivity (Wildman–Crippen MR) is 97.4 cm³/mol. The Balaban J connectivity index is 1.49. The fraction of sp³-hybridized carbons (Fsp3) is 0.381. The Morgan fingerprint density at radius 2 is 1.77 bits per heavy atom. The summed E-state index contributed by atoms with van der Waals surface area (Å²) in [5.74, 6) is -0.461. The zero-order chi connectivity index (χ0) is 18.5. The van der Waals surface area contributed by atoms with Crippen molar-refractivity contribution >= 4 is 5.91 Å². The Hall–Kier alpha value is -2.27. The van der Waals surface area contributed by atoms with E-state index in [1.165, 1.54) is 18.2 Å². The average molecular weight is 358 g/mol. The second-order valence-corrected chi connectivity index (χ2v) is 6.92. The third kappa shape index (κ3) is 4.67. The molecule has 0 spiro atoms. The molecule has 3 nitrogen and oxygen atoms in total. The van der Waals surface area contributed by atoms with Gasteiger partial charge in [0, 0.05) is 18.0 Å². The lowest BCUT2D eigenvalue weighted by molar-refractivity contribution is -0.127. The van der Waals surface area contributed by atoms with Gasteiger partial charge in [0.25, 0.3) is 0 Å². The topological polar surface area (TPSA) is 32.3 Å². The summed E-state index contributed by atoms with van der Waals surface area (Å²) in [6.07, 6.45) is 1.52. The van der Waals surface area contributed by atoms with Gasteiger partial charge in [-0.25, -0.2) is 8.78 Å². The highest BCUT2D eigenvalue weighted by Gasteiger charge is 2.26. The highest BCUT2D eigenvalue weighted by Crippen LogP contribution is 2.22. The summed E-state index contributed by atoms with van der Waals surface area (Å²) in [5.41, 5.74) is 1.58. The Morgan fingerprint density at radius 1 is 1.12 bits per heavy atom. The molecular weight excluding hydrogens is 334 g/mol. The van der Waals surface area contributed by atoms with Crippen molar-refractivity contribution in [1.82, 2.24) is 10.2 Å². The first kappa shape index (κ1) is 18.5. The van der Waals surface area contributed by atoms with Crippen LogP contribution >= 0.6 is 0 Å². The maximum Gasteiger partial charge on any atom is 0.223 e. The van der Waals surface area contributed by atoms with Crippen molar-refractivity contribution in [3.8, 4) is 0 Å². The maximum absolute atomic E-state index is 13.8. The molecular formula is C21H24F2N2O. The summed E-state index contributed by atoms with van der Waals surface area (Å²) < 4.78 is 26.8. The monoisotopic (exact) mass is 358 g/mol. The minimum Gasteiger partial charge on any atom is -0.349 e. The molecule has 1 amide bonds. The van der Waals surface area contributed by atoms with Gasteiger partial charge in [-0.3, -0.25) is 9.69 Å². The molecule has 26 heavy (non-hydrogen) atoms. The molecule has 0 bridgehead atoms. The summed E-state index contributed by atoms with van der Waals surface area (Å²) in [6, 6.07) is 12.9. The van der Waals surface area contributed by atoms with E-state index in [-0.39, 0.29) is 29.5 Å². The molecule has 138 valence electrons. The molecule has 1 heterocycles. The molecule has 0 aliphatic carbocycles. The van der Waals surface area contributed by atoms with Crippen molar-refractivity contribution in [1.29, 1.82) is 0 Å². The average Bonchev–Trinajstić information content (AvgIpc) is 2.64. The molecule has 5 heteroatoms. The minimum absolute atomic E-state index is 0.0326. The molecule has 1 fully saturated rings. The zero-order valence-corrected chi connectivity index (χ0v) is 14.9. The first-order valence-electron chi connectivity index (χ1n) is 9.04. The number of hydrogen-bond donors (Lipinski definition) is 1. The molecule has 3 rings (SSSR count). The van der Waals surface area contributed by atoms with Gasteiger partial charge in [-0.15, -0.1) is 0 Å². The highest BCUT2D eigenvalue weighted by atomic mass is 19.1. The second kappa shape index (κ2) is 8.41. The number of benzene rings is 2. The van der Waals surface area contributed by atoms with Crippen LogP contribution in [0, 0.1) is 17.6 Å². The van der Waals surface area contributed by atoms with E-state index in [1.807, 2.05) is 13.0 Å². The van der Waals surface area contributed by atoms with Crippen molar-refractivity contribution in [3.63, 3.8) is 0 Å². The lowest BCUT2D eigenvalue weighted by Gasteiger charge is -2.32. The van der Waals surface area contributed by atoms with Gasteiger partial charge in [-0.05, 0) is 56.6 Å². The molecule has 1 unspecified atom stereocenters. The van der Waals surface area contributed by atoms with E-state index >= 15 is 0 Å². The fourth-order valence-corrected chi connectivity index (χ4v) is 3.39. The van der Waals surface area contributed by atoms with Crippen LogP contribution in [-0.2, 0) is 11.3 Å². The van der Waals surface area contributed by atoms with E-state index in [0.717, 1.165) is 31.5 Å². The van der Waals surface area contributed by atoms with Gasteiger partial charge < -0.3 is 5.32 Å². The molecule has 1 aliphatic rings. The zero-order valence-electron chi connectivity index (χ0n) is 14.9. The van der Waals surface area contributed by atoms with E-state index < -0.39 is 0 Å². The molecule has 2 aromatic carbocycles. The van der Waals surface area contributed by atoms with Gasteiger partial charge in [0.05, 0.1) is 6.04 Å². The van der Waals surface area contributed by atoms with Crippen molar-refractivity contribution < 1.29 is 13.6 Å². The van der Waals surface area contributed by atoms with Crippen LogP contribution in [0.4, 0.5) is 8.78 Å². The van der Waals surface area contributed by atoms with Crippen molar-refractivity contribution in [2.45, 2.75) is 32.4 Å². The molecule has 1 atom stereocenters. The molecule has 1 aliphatic heterocycles. The van der Waals surface area contributed by atoms with E-state index in [4.69, 9.17) is 0 Å². The van der Waals surface area contributed by atoms with Crippen LogP contribution in [0.5, 0.6) is 0 Å². The number of hydrogen-bond acceptors (Lipinski definition) is 2. The quantitative estimate of drug-likeness (QED) is 0.874. The number of likely N-dealkylation sites (tertiary alicyclic amines) is 1. The standard InChI is InChI=1S/C21H24F2N2O/c1-15(16-6-8-19(22)9-7-16)24-21(26)17-10-12-25(13-11-17)14-18-4-2-3-5-20(18)23/h2-9,15,17H,10-14H2,1H3,(H,24,26). The maximum atomic E-state index is 13.8. The van der Waals surface area contributed by atoms with E-state index in [0.29, 0.717) is 12.1 Å². The molecule has 0 radical (unpaired) electrons. The van der Waals surface area contributed by atoms with Gasteiger partial charge in [0.1, 0.15) is 11.6 Å². The molecule has 1 saturated heterocycles. The van der Waals surface area contributed by atoms with Crippen LogP contribution in [0.3, 0.4) is 0 Å². The number of amides is 1. The summed E-state index contributed by atoms with van der Waals surface area (Å²) in [7, 11) is 0. The smallest absolute Gasteiger partial charge is 0.223 e. The summed E-state index contributed by atoms with van der Waals surface area (Å²) in [5, 5.41) is 3.02. The van der Waals surface area contributed by atoms with Crippen molar-refractivity contribution in [2.75, 3.05) is 13.1 Å². The number of rotatable bonds is 5. The number of carbonyl (C=O) groups is 1. The number of halogens is 2. The van der Waals surface area contributed by atoms with Gasteiger partial charge in [-0.1, -0.05) is 30.3 Å². The van der Waals surface area contributed by atoms with Crippen LogP contribution in [0.25, 0.3) is 0 Å². The first-order valence-corrected chi connectivity index (χ1v) is 9.04. The van der Waals surface area contributed by atoms with Crippen LogP contribution < -0.4 is 5.32 Å². The van der Waals surface area contributed by atoms with Gasteiger partial charge in [0.2, 0.25) is 5.91 Å². The summed E-state index contributed by atoms with van der Waals surface area (Å²) >= 11 is 0. The Morgan fingerprint density at radius 3 is 2.42 bits per heavy atom. The number of nitrogens with one attached hydrogen (secondary N) is 1. The third-order valence-corrected chi connectivity index (χ3v) is 5.04. The number of carbonyl (C=O) groups excluding carboxylic acids is 1. The lowest BCUT2D eigenvalue weighted by Crippen LogP contribution is -2.41. The first-order chi connectivity index (χ1) is 12.5. The Labute approximate surface area is 153 Å². The SMILES string of the molecule is CC(NC(=O)C1CCN(Cc2ccccc2F)CC1)c1ccc(F)cc1. The lowest BCUT2D eigenvalue weighted by atomic mass is 9.95. The van der Waals surface area contributed by atoms with E-state index in [1.54, 1.807) is 24.3 Å². The van der Waals surface area contributed by atoms with Gasteiger partial charge in [0.15, 0.2) is 0 Å². The summed E-state index contributed by atoms with van der Waals surface area (Å²) in [6.45, 7) is 4.03. The van der Waals surface area contributed by atoms with Gasteiger partial charge in [-0.2, -0.15) is 0 Å². The second-order valence-electron chi connectivity index (χ2n) is 6.92. The Bertz CT molecular complexity index is 740. The number of nitrogens with zero attached hydrogens (tertiary/aromatic N) is 1. The fourth-order valence-electron chi connectivity index (χ4n) is 3.39. The van der Waals surface area contributed by atoms with Crippen molar-refractivity contribution in [2.24, 2.45) is 5.92 Å². The molecule has 0 saturated carbocycles. The van der Waals surface area contributed by atoms with Gasteiger partial charge >= 0.3 is 0 Å². The molecule has 2 aromatic rings. The highest BCUT2D eigenvalue weighted by molar-refractivity contribution is 5.79. The van der Waals surface area contributed by atoms with Crippen LogP contribution in [-0.4, -0.2) is 23.9 Å². The van der Waals surface area contributed by atoms with E-state index in [9.17, 15) is 13.6 Å². The van der Waals surface area contributed by atoms with Crippen LogP contribution in [0.15, 0.2) is 48.5 Å². The van der Waals surface area contributed by atoms with Crippen molar-refractivity contribution in [3.05, 3.63) is 71.3 Å². The number of piperidine rings is 1. The largest absolute Gasteiger partial charge is 0.349 e. The molecule has 0 aromatic heterocycles. The predicted octanol–water partition coefficient (Wildman–Crippen LogP) is 4.05. The van der Waals surface area contributed by atoms with E-state index in [2.05, 4.69) is 10.2 Å². The normalized spacial score (nSPS) is 17.0. The van der Waals surface area contributed by atoms with Crippen LogP contribution in [0.1, 0.15) is 36.9 Å². The Kier molecular flexibility index (Phi) is 5.99. The van der Waals surface area contributed by atoms with Crippen LogP contribution in [0.2, 0.25) is 0 Å². The minimum atomic E-state index is -0.283. The molecule has 1 N–H and O–H groups in total. The summed E-state index contributed by atoms with van der Waals surface area (Å²) in [4.78, 5) is 14.7. The third-order valence-electron chi connectivity index (χ3n) is 5.04.